The van der Waals surface area contributed by atoms with Crippen LogP contribution >= 0.6 is 0 Å². The molecule has 2 nitrogen and oxygen atoms in total. The number of anilines is 1. The van der Waals surface area contributed by atoms with Crippen molar-refractivity contribution in [1.82, 2.24) is 0 Å². The van der Waals surface area contributed by atoms with Crippen molar-refractivity contribution < 1.29 is 4.39 Å². The summed E-state index contributed by atoms with van der Waals surface area (Å²) < 4.78 is 11.7. The number of hydrogen-bond donors (Lipinski definition) is 1. The van der Waals surface area contributed by atoms with Crippen LogP contribution in [0.4, 0.5) is 10.1 Å². The molecule has 0 aliphatic rings. The fourth-order valence-electron chi connectivity index (χ4n) is 0.998. The van der Waals surface area contributed by atoms with E-state index < -0.39 is 0 Å². The summed E-state index contributed by atoms with van der Waals surface area (Å²) in [6.45, 7) is 0.288. The number of nitrogens with zero attached hydrogens (tertiary/aromatic N) is 1. The number of nitrogens with one attached hydrogen (secondary N) is 1. The molecule has 0 aliphatic carbocycles. The number of rotatable bonds is 4. The average molecular weight is 178 g/mol. The topological polar surface area (TPSA) is 35.8 Å². The first kappa shape index (κ1) is 9.53. The molecular weight excluding hydrogens is 167 g/mol. The van der Waals surface area contributed by atoms with Gasteiger partial charge in [0.05, 0.1) is 18.3 Å². The summed E-state index contributed by atoms with van der Waals surface area (Å²) in [5, 5.41) is 11.6. The van der Waals surface area contributed by atoms with Crippen molar-refractivity contribution in [1.29, 1.82) is 5.26 Å². The number of alkyl halides is 1. The Balaban J connectivity index is 2.52. The highest BCUT2D eigenvalue weighted by Crippen LogP contribution is 2.09. The fraction of sp³-hybridized carbons (Fsp3) is 0.300. The summed E-state index contributed by atoms with van der Waals surface area (Å²) in [5.74, 6) is 0. The Morgan fingerprint density at radius 2 is 2.31 bits per heavy atom. The highest BCUT2D eigenvalue weighted by atomic mass is 19.1. The minimum atomic E-state index is -0.315. The lowest BCUT2D eigenvalue weighted by Crippen LogP contribution is -2.01. The SMILES string of the molecule is N#Cc1cccc(NCCCF)c1. The zero-order valence-electron chi connectivity index (χ0n) is 7.26. The van der Waals surface area contributed by atoms with Crippen LogP contribution in [-0.2, 0) is 0 Å². The van der Waals surface area contributed by atoms with Crippen LogP contribution in [0, 0.1) is 11.3 Å². The first-order valence-electron chi connectivity index (χ1n) is 4.17. The van der Waals surface area contributed by atoms with Crippen molar-refractivity contribution in [3.8, 4) is 6.07 Å². The van der Waals surface area contributed by atoms with Crippen LogP contribution in [0.5, 0.6) is 0 Å². The molecule has 0 atom stereocenters. The molecule has 3 heteroatoms. The lowest BCUT2D eigenvalue weighted by atomic mass is 10.2. The smallest absolute Gasteiger partial charge is 0.0992 e. The van der Waals surface area contributed by atoms with Gasteiger partial charge in [0.15, 0.2) is 0 Å². The van der Waals surface area contributed by atoms with Crippen LogP contribution in [0.3, 0.4) is 0 Å². The number of nitriles is 1. The summed E-state index contributed by atoms with van der Waals surface area (Å²) >= 11 is 0. The summed E-state index contributed by atoms with van der Waals surface area (Å²) in [5.41, 5.74) is 1.48. The maximum Gasteiger partial charge on any atom is 0.0992 e. The van der Waals surface area contributed by atoms with E-state index in [4.69, 9.17) is 5.26 Å². The van der Waals surface area contributed by atoms with E-state index in [0.29, 0.717) is 18.5 Å². The summed E-state index contributed by atoms with van der Waals surface area (Å²) in [6, 6.07) is 9.19. The molecule has 1 rings (SSSR count). The molecule has 0 radical (unpaired) electrons. The van der Waals surface area contributed by atoms with E-state index in [-0.39, 0.29) is 6.67 Å². The first-order valence-corrected chi connectivity index (χ1v) is 4.17. The molecule has 0 bridgehead atoms. The standard InChI is InChI=1S/C10H11FN2/c11-5-2-6-13-10-4-1-3-9(7-10)8-12/h1,3-4,7,13H,2,5-6H2. The van der Waals surface area contributed by atoms with Crippen molar-refractivity contribution in [2.45, 2.75) is 6.42 Å². The van der Waals surface area contributed by atoms with Crippen LogP contribution in [-0.4, -0.2) is 13.2 Å². The molecule has 1 aromatic rings. The van der Waals surface area contributed by atoms with Crippen LogP contribution in [0.25, 0.3) is 0 Å². The third kappa shape index (κ3) is 3.12. The Hall–Kier alpha value is -1.56. The van der Waals surface area contributed by atoms with E-state index in [1.165, 1.54) is 0 Å². The first-order chi connectivity index (χ1) is 6.36. The molecule has 0 saturated carbocycles. The van der Waals surface area contributed by atoms with Gasteiger partial charge in [-0.05, 0) is 24.6 Å². The maximum absolute atomic E-state index is 11.7. The maximum atomic E-state index is 11.7. The Bertz CT molecular complexity index is 304. The second kappa shape index (κ2) is 5.15. The van der Waals surface area contributed by atoms with Crippen molar-refractivity contribution in [2.24, 2.45) is 0 Å². The van der Waals surface area contributed by atoms with Gasteiger partial charge in [-0.2, -0.15) is 5.26 Å². The molecule has 0 aliphatic heterocycles. The van der Waals surface area contributed by atoms with Crippen molar-refractivity contribution in [3.05, 3.63) is 29.8 Å². The quantitative estimate of drug-likeness (QED) is 0.718. The monoisotopic (exact) mass is 178 g/mol. The second-order valence-corrected chi connectivity index (χ2v) is 2.66. The molecule has 0 unspecified atom stereocenters. The highest BCUT2D eigenvalue weighted by molar-refractivity contribution is 5.48. The minimum Gasteiger partial charge on any atom is -0.385 e. The molecule has 68 valence electrons. The largest absolute Gasteiger partial charge is 0.385 e. The Morgan fingerprint density at radius 1 is 1.46 bits per heavy atom. The van der Waals surface area contributed by atoms with E-state index in [2.05, 4.69) is 5.32 Å². The molecule has 1 aromatic carbocycles. The van der Waals surface area contributed by atoms with Gasteiger partial charge in [-0.25, -0.2) is 0 Å². The van der Waals surface area contributed by atoms with Crippen molar-refractivity contribution in [3.63, 3.8) is 0 Å². The van der Waals surface area contributed by atoms with Gasteiger partial charge < -0.3 is 5.32 Å². The van der Waals surface area contributed by atoms with Crippen LogP contribution in [0.1, 0.15) is 12.0 Å². The summed E-state index contributed by atoms with van der Waals surface area (Å²) in [7, 11) is 0. The molecule has 0 aromatic heterocycles. The minimum absolute atomic E-state index is 0.315. The van der Waals surface area contributed by atoms with Gasteiger partial charge in [-0.3, -0.25) is 4.39 Å². The molecular formula is C10H11FN2. The summed E-state index contributed by atoms with van der Waals surface area (Å²) in [4.78, 5) is 0. The lowest BCUT2D eigenvalue weighted by Gasteiger charge is -2.03. The van der Waals surface area contributed by atoms with E-state index in [1.54, 1.807) is 18.2 Å². The van der Waals surface area contributed by atoms with Crippen molar-refractivity contribution in [2.75, 3.05) is 18.5 Å². The zero-order chi connectivity index (χ0) is 9.52. The lowest BCUT2D eigenvalue weighted by molar-refractivity contribution is 0.481. The van der Waals surface area contributed by atoms with Gasteiger partial charge in [-0.1, -0.05) is 6.07 Å². The second-order valence-electron chi connectivity index (χ2n) is 2.66. The van der Waals surface area contributed by atoms with Gasteiger partial charge in [0, 0.05) is 12.2 Å². The Labute approximate surface area is 77.0 Å². The summed E-state index contributed by atoms with van der Waals surface area (Å²) in [6.07, 6.45) is 0.497. The zero-order valence-corrected chi connectivity index (χ0v) is 7.26. The molecule has 0 spiro atoms. The number of benzene rings is 1. The third-order valence-electron chi connectivity index (χ3n) is 1.63. The third-order valence-corrected chi connectivity index (χ3v) is 1.63. The molecule has 13 heavy (non-hydrogen) atoms. The predicted molar refractivity (Wildman–Crippen MR) is 50.2 cm³/mol. The van der Waals surface area contributed by atoms with Crippen LogP contribution in [0.15, 0.2) is 24.3 Å². The van der Waals surface area contributed by atoms with E-state index in [0.717, 1.165) is 5.69 Å². The Kier molecular flexibility index (Phi) is 3.77. The molecule has 0 saturated heterocycles. The van der Waals surface area contributed by atoms with Gasteiger partial charge >= 0.3 is 0 Å². The van der Waals surface area contributed by atoms with E-state index >= 15 is 0 Å². The number of hydrogen-bond acceptors (Lipinski definition) is 2. The molecule has 0 fully saturated rings. The van der Waals surface area contributed by atoms with Crippen molar-refractivity contribution >= 4 is 5.69 Å². The molecule has 0 amide bonds. The van der Waals surface area contributed by atoms with Crippen LogP contribution < -0.4 is 5.32 Å². The Morgan fingerprint density at radius 3 is 3.00 bits per heavy atom. The van der Waals surface area contributed by atoms with E-state index in [9.17, 15) is 4.39 Å². The van der Waals surface area contributed by atoms with E-state index in [1.807, 2.05) is 12.1 Å². The van der Waals surface area contributed by atoms with Crippen LogP contribution in [0.2, 0.25) is 0 Å². The molecule has 1 N–H and O–H groups in total. The average Bonchev–Trinajstić information content (AvgIpc) is 2.19. The fourth-order valence-corrected chi connectivity index (χ4v) is 0.998. The highest BCUT2D eigenvalue weighted by Gasteiger charge is 1.93. The normalized spacial score (nSPS) is 9.23. The molecule has 0 heterocycles. The predicted octanol–water partition coefficient (Wildman–Crippen LogP) is 2.33. The van der Waals surface area contributed by atoms with Gasteiger partial charge in [0.1, 0.15) is 0 Å². The van der Waals surface area contributed by atoms with Gasteiger partial charge in [-0.15, -0.1) is 0 Å². The number of halogens is 1. The van der Waals surface area contributed by atoms with Gasteiger partial charge in [0.2, 0.25) is 0 Å². The van der Waals surface area contributed by atoms with Gasteiger partial charge in [0.25, 0.3) is 0 Å².